The Labute approximate surface area is 172 Å². The molecule has 1 N–H and O–H groups in total. The predicted molar refractivity (Wildman–Crippen MR) is 114 cm³/mol. The summed E-state index contributed by atoms with van der Waals surface area (Å²) in [4.78, 5) is 13.8. The van der Waals surface area contributed by atoms with Crippen LogP contribution in [0.25, 0.3) is 0 Å². The van der Waals surface area contributed by atoms with E-state index in [9.17, 15) is 13.2 Å². The normalized spacial score (nSPS) is 14.4. The Bertz CT molecular complexity index is 955. The minimum Gasteiger partial charge on any atom is -0.492 e. The van der Waals surface area contributed by atoms with E-state index in [1.165, 1.54) is 5.56 Å². The highest BCUT2D eigenvalue weighted by Crippen LogP contribution is 2.27. The second-order valence-corrected chi connectivity index (χ2v) is 9.00. The van der Waals surface area contributed by atoms with Crippen molar-refractivity contribution >= 4 is 21.6 Å². The van der Waals surface area contributed by atoms with Crippen LogP contribution >= 0.6 is 0 Å². The average molecular weight is 417 g/mol. The largest absolute Gasteiger partial charge is 0.492 e. The van der Waals surface area contributed by atoms with Crippen LogP contribution in [0, 0.1) is 6.92 Å². The van der Waals surface area contributed by atoms with E-state index in [0.29, 0.717) is 13.0 Å². The Balaban J connectivity index is 1.55. The van der Waals surface area contributed by atoms with Crippen molar-refractivity contribution < 1.29 is 17.9 Å². The molecule has 1 amide bonds. The number of aryl methyl sites for hydroxylation is 2. The summed E-state index contributed by atoms with van der Waals surface area (Å²) in [5.74, 6) is 0.807. The highest BCUT2D eigenvalue weighted by Gasteiger charge is 2.24. The zero-order valence-electron chi connectivity index (χ0n) is 17.0. The molecule has 0 saturated carbocycles. The number of anilines is 1. The van der Waals surface area contributed by atoms with Crippen molar-refractivity contribution in [3.63, 3.8) is 0 Å². The summed E-state index contributed by atoms with van der Waals surface area (Å²) in [6.07, 6.45) is 3.50. The fourth-order valence-corrected chi connectivity index (χ4v) is 4.57. The standard InChI is InChI=1S/C22H28N2O4S/c1-3-5-18-7-9-19(10-8-18)28-15-13-23-29(26,27)20-11-12-21(17(2)16-20)24-14-4-6-22(24)25/h7-12,16,23H,3-6,13-15H2,1-2H3. The molecule has 1 saturated heterocycles. The van der Waals surface area contributed by atoms with Crippen LogP contribution in [0.1, 0.15) is 37.3 Å². The summed E-state index contributed by atoms with van der Waals surface area (Å²) >= 11 is 0. The number of hydrogen-bond donors (Lipinski definition) is 1. The van der Waals surface area contributed by atoms with Gasteiger partial charge in [0.15, 0.2) is 0 Å². The van der Waals surface area contributed by atoms with Gasteiger partial charge in [-0.3, -0.25) is 4.79 Å². The fourth-order valence-electron chi connectivity index (χ4n) is 3.47. The van der Waals surface area contributed by atoms with Crippen LogP contribution in [0.2, 0.25) is 0 Å². The molecule has 0 aliphatic carbocycles. The number of carbonyl (C=O) groups excluding carboxylic acids is 1. The number of benzene rings is 2. The van der Waals surface area contributed by atoms with Gasteiger partial charge < -0.3 is 9.64 Å². The molecule has 0 aromatic heterocycles. The first-order chi connectivity index (χ1) is 13.9. The molecule has 29 heavy (non-hydrogen) atoms. The molecule has 1 fully saturated rings. The monoisotopic (exact) mass is 416 g/mol. The van der Waals surface area contributed by atoms with Crippen molar-refractivity contribution in [2.45, 2.75) is 44.4 Å². The van der Waals surface area contributed by atoms with E-state index < -0.39 is 10.0 Å². The molecule has 6 nitrogen and oxygen atoms in total. The van der Waals surface area contributed by atoms with Crippen molar-refractivity contribution in [3.05, 3.63) is 53.6 Å². The maximum atomic E-state index is 12.6. The summed E-state index contributed by atoms with van der Waals surface area (Å²) < 4.78 is 33.3. The quantitative estimate of drug-likeness (QED) is 0.636. The molecule has 1 aliphatic rings. The molecule has 0 atom stereocenters. The van der Waals surface area contributed by atoms with Crippen molar-refractivity contribution in [3.8, 4) is 5.75 Å². The Kier molecular flexibility index (Phi) is 6.92. The molecule has 0 spiro atoms. The van der Waals surface area contributed by atoms with Crippen LogP contribution in [0.15, 0.2) is 47.4 Å². The Morgan fingerprint density at radius 1 is 1.14 bits per heavy atom. The number of amides is 1. The molecule has 2 aromatic rings. The third-order valence-corrected chi connectivity index (χ3v) is 6.43. The van der Waals surface area contributed by atoms with Gasteiger partial charge in [-0.2, -0.15) is 0 Å². The number of sulfonamides is 1. The first-order valence-electron chi connectivity index (χ1n) is 10.0. The van der Waals surface area contributed by atoms with Gasteiger partial charge in [0.2, 0.25) is 15.9 Å². The highest BCUT2D eigenvalue weighted by molar-refractivity contribution is 7.89. The highest BCUT2D eigenvalue weighted by atomic mass is 32.2. The molecule has 0 bridgehead atoms. The third kappa shape index (κ3) is 5.36. The van der Waals surface area contributed by atoms with Crippen molar-refractivity contribution in [1.29, 1.82) is 0 Å². The lowest BCUT2D eigenvalue weighted by atomic mass is 10.1. The van der Waals surface area contributed by atoms with Crippen LogP contribution < -0.4 is 14.4 Å². The molecule has 0 radical (unpaired) electrons. The van der Waals surface area contributed by atoms with Gasteiger partial charge in [-0.15, -0.1) is 0 Å². The smallest absolute Gasteiger partial charge is 0.240 e. The first-order valence-corrected chi connectivity index (χ1v) is 11.5. The van der Waals surface area contributed by atoms with Gasteiger partial charge in [-0.25, -0.2) is 13.1 Å². The van der Waals surface area contributed by atoms with E-state index in [4.69, 9.17) is 4.74 Å². The lowest BCUT2D eigenvalue weighted by molar-refractivity contribution is -0.117. The van der Waals surface area contributed by atoms with Crippen molar-refractivity contribution in [2.75, 3.05) is 24.6 Å². The number of nitrogens with zero attached hydrogens (tertiary/aromatic N) is 1. The first kappa shape index (κ1) is 21.3. The van der Waals surface area contributed by atoms with E-state index in [0.717, 1.165) is 36.3 Å². The second-order valence-electron chi connectivity index (χ2n) is 7.24. The van der Waals surface area contributed by atoms with Crippen molar-refractivity contribution in [2.24, 2.45) is 0 Å². The Morgan fingerprint density at radius 2 is 1.90 bits per heavy atom. The van der Waals surface area contributed by atoms with Crippen LogP contribution in [0.3, 0.4) is 0 Å². The summed E-state index contributed by atoms with van der Waals surface area (Å²) in [6.45, 7) is 5.06. The van der Waals surface area contributed by atoms with Crippen LogP contribution in [0.5, 0.6) is 5.75 Å². The zero-order valence-corrected chi connectivity index (χ0v) is 17.8. The fraction of sp³-hybridized carbons (Fsp3) is 0.409. The molecule has 1 heterocycles. The summed E-state index contributed by atoms with van der Waals surface area (Å²) in [5.41, 5.74) is 2.81. The Hall–Kier alpha value is -2.38. The van der Waals surface area contributed by atoms with Gasteiger partial charge in [0.05, 0.1) is 4.90 Å². The summed E-state index contributed by atoms with van der Waals surface area (Å²) in [6, 6.07) is 12.7. The van der Waals surface area contributed by atoms with Crippen molar-refractivity contribution in [1.82, 2.24) is 4.72 Å². The van der Waals surface area contributed by atoms with E-state index in [2.05, 4.69) is 11.6 Å². The molecule has 7 heteroatoms. The Morgan fingerprint density at radius 3 is 2.52 bits per heavy atom. The minimum atomic E-state index is -3.64. The number of rotatable bonds is 9. The van der Waals surface area contributed by atoms with E-state index in [-0.39, 0.29) is 24.0 Å². The van der Waals surface area contributed by atoms with E-state index in [1.807, 2.05) is 31.2 Å². The maximum Gasteiger partial charge on any atom is 0.240 e. The lowest BCUT2D eigenvalue weighted by Crippen LogP contribution is -2.29. The second kappa shape index (κ2) is 9.41. The van der Waals surface area contributed by atoms with Crippen LogP contribution in [-0.2, 0) is 21.2 Å². The van der Waals surface area contributed by atoms with Gasteiger partial charge in [-0.05, 0) is 61.2 Å². The molecule has 2 aromatic carbocycles. The molecule has 3 rings (SSSR count). The van der Waals surface area contributed by atoms with Gasteiger partial charge in [0, 0.05) is 25.2 Å². The molecular weight excluding hydrogens is 388 g/mol. The molecule has 0 unspecified atom stereocenters. The number of nitrogens with one attached hydrogen (secondary N) is 1. The van der Waals surface area contributed by atoms with E-state index >= 15 is 0 Å². The van der Waals surface area contributed by atoms with Gasteiger partial charge >= 0.3 is 0 Å². The number of carbonyl (C=O) groups is 1. The average Bonchev–Trinajstić information content (AvgIpc) is 3.12. The lowest BCUT2D eigenvalue weighted by Gasteiger charge is -2.19. The van der Waals surface area contributed by atoms with Gasteiger partial charge in [0.1, 0.15) is 12.4 Å². The molecule has 1 aliphatic heterocycles. The maximum absolute atomic E-state index is 12.6. The van der Waals surface area contributed by atoms with Crippen LogP contribution in [0.4, 0.5) is 5.69 Å². The predicted octanol–water partition coefficient (Wildman–Crippen LogP) is 3.43. The molecular formula is C22H28N2O4S. The third-order valence-electron chi connectivity index (χ3n) is 4.97. The number of ether oxygens (including phenoxy) is 1. The number of hydrogen-bond acceptors (Lipinski definition) is 4. The van der Waals surface area contributed by atoms with E-state index in [1.54, 1.807) is 23.1 Å². The van der Waals surface area contributed by atoms with Gasteiger partial charge in [-0.1, -0.05) is 25.5 Å². The molecule has 156 valence electrons. The topological polar surface area (TPSA) is 75.7 Å². The van der Waals surface area contributed by atoms with Crippen LogP contribution in [-0.4, -0.2) is 34.0 Å². The zero-order chi connectivity index (χ0) is 20.9. The summed E-state index contributed by atoms with van der Waals surface area (Å²) in [7, 11) is -3.64. The van der Waals surface area contributed by atoms with Gasteiger partial charge in [0.25, 0.3) is 0 Å². The minimum absolute atomic E-state index is 0.0849. The SMILES string of the molecule is CCCc1ccc(OCCNS(=O)(=O)c2ccc(N3CCCC3=O)c(C)c2)cc1. The summed E-state index contributed by atoms with van der Waals surface area (Å²) in [5, 5.41) is 0.